The highest BCUT2D eigenvalue weighted by Gasteiger charge is 2.39. The van der Waals surface area contributed by atoms with Crippen LogP contribution < -0.4 is 10.6 Å². The van der Waals surface area contributed by atoms with Crippen molar-refractivity contribution >= 4 is 17.3 Å². The molecule has 3 nitrogen and oxygen atoms in total. The second-order valence-corrected chi connectivity index (χ2v) is 6.08. The second-order valence-electron chi connectivity index (χ2n) is 5.67. The minimum absolute atomic E-state index is 0.313. The van der Waals surface area contributed by atoms with Crippen molar-refractivity contribution in [1.82, 2.24) is 0 Å². The van der Waals surface area contributed by atoms with E-state index < -0.39 is 0 Å². The Bertz CT molecular complexity index is 523. The zero-order chi connectivity index (χ0) is 13.4. The number of hydrogen-bond donors (Lipinski definition) is 1. The van der Waals surface area contributed by atoms with Gasteiger partial charge in [0, 0.05) is 19.1 Å². The molecule has 100 valence electrons. The van der Waals surface area contributed by atoms with E-state index in [0.29, 0.717) is 28.5 Å². The number of hydrogen-bond acceptors (Lipinski definition) is 3. The van der Waals surface area contributed by atoms with E-state index in [2.05, 4.69) is 11.0 Å². The number of nitriles is 1. The molecule has 4 heteroatoms. The van der Waals surface area contributed by atoms with E-state index in [4.69, 9.17) is 17.3 Å². The fourth-order valence-electron chi connectivity index (χ4n) is 3.60. The first-order valence-electron chi connectivity index (χ1n) is 6.90. The summed E-state index contributed by atoms with van der Waals surface area (Å²) in [7, 11) is 0. The van der Waals surface area contributed by atoms with Crippen LogP contribution >= 0.6 is 11.6 Å². The molecule has 1 saturated carbocycles. The van der Waals surface area contributed by atoms with Crippen molar-refractivity contribution in [3.05, 3.63) is 28.8 Å². The van der Waals surface area contributed by atoms with Gasteiger partial charge in [0.05, 0.1) is 16.3 Å². The Hall–Kier alpha value is -1.24. The molecule has 1 aromatic rings. The van der Waals surface area contributed by atoms with Crippen LogP contribution in [-0.4, -0.2) is 19.1 Å². The monoisotopic (exact) mass is 275 g/mol. The fourth-order valence-corrected chi connectivity index (χ4v) is 3.81. The van der Waals surface area contributed by atoms with Crippen LogP contribution in [0.2, 0.25) is 5.02 Å². The van der Waals surface area contributed by atoms with E-state index >= 15 is 0 Å². The SMILES string of the molecule is N#Cc1c(Cl)cccc1N1CC2CCCC(N)C2C1. The maximum Gasteiger partial charge on any atom is 0.103 e. The molecule has 2 aliphatic rings. The first-order valence-corrected chi connectivity index (χ1v) is 7.27. The number of anilines is 1. The van der Waals surface area contributed by atoms with Crippen molar-refractivity contribution in [2.45, 2.75) is 25.3 Å². The lowest BCUT2D eigenvalue weighted by Crippen LogP contribution is -2.38. The van der Waals surface area contributed by atoms with Gasteiger partial charge in [0.1, 0.15) is 6.07 Å². The van der Waals surface area contributed by atoms with Gasteiger partial charge >= 0.3 is 0 Å². The molecule has 19 heavy (non-hydrogen) atoms. The summed E-state index contributed by atoms with van der Waals surface area (Å²) in [4.78, 5) is 2.30. The van der Waals surface area contributed by atoms with E-state index in [1.54, 1.807) is 6.07 Å². The van der Waals surface area contributed by atoms with Gasteiger partial charge in [-0.05, 0) is 36.8 Å². The van der Waals surface area contributed by atoms with Crippen LogP contribution in [-0.2, 0) is 0 Å². The minimum Gasteiger partial charge on any atom is -0.370 e. The zero-order valence-corrected chi connectivity index (χ0v) is 11.6. The molecule has 0 amide bonds. The Balaban J connectivity index is 1.89. The van der Waals surface area contributed by atoms with Crippen LogP contribution in [0.1, 0.15) is 24.8 Å². The average Bonchev–Trinajstić information content (AvgIpc) is 2.84. The lowest BCUT2D eigenvalue weighted by molar-refractivity contribution is 0.260. The molecule has 0 aromatic heterocycles. The van der Waals surface area contributed by atoms with Crippen LogP contribution in [0.5, 0.6) is 0 Å². The first kappa shape index (κ1) is 12.8. The predicted octanol–water partition coefficient (Wildman–Crippen LogP) is 2.78. The van der Waals surface area contributed by atoms with E-state index in [9.17, 15) is 5.26 Å². The van der Waals surface area contributed by atoms with Crippen LogP contribution in [0.15, 0.2) is 18.2 Å². The summed E-state index contributed by atoms with van der Waals surface area (Å²) in [6.45, 7) is 1.97. The maximum absolute atomic E-state index is 9.28. The van der Waals surface area contributed by atoms with Gasteiger partial charge in [0.25, 0.3) is 0 Å². The van der Waals surface area contributed by atoms with Crippen LogP contribution in [0.4, 0.5) is 5.69 Å². The van der Waals surface area contributed by atoms with Gasteiger partial charge in [-0.3, -0.25) is 0 Å². The summed E-state index contributed by atoms with van der Waals surface area (Å²) in [6, 6.07) is 8.23. The molecule has 1 aromatic carbocycles. The van der Waals surface area contributed by atoms with E-state index in [1.807, 2.05) is 12.1 Å². The Morgan fingerprint density at radius 1 is 1.32 bits per heavy atom. The molecule has 3 rings (SSSR count). The normalized spacial score (nSPS) is 29.9. The maximum atomic E-state index is 9.28. The molecule has 0 bridgehead atoms. The predicted molar refractivity (Wildman–Crippen MR) is 77.2 cm³/mol. The molecule has 0 radical (unpaired) electrons. The van der Waals surface area contributed by atoms with Gasteiger partial charge in [-0.15, -0.1) is 0 Å². The molecular weight excluding hydrogens is 258 g/mol. The molecule has 3 unspecified atom stereocenters. The van der Waals surface area contributed by atoms with Crippen molar-refractivity contribution in [1.29, 1.82) is 5.26 Å². The molecule has 2 N–H and O–H groups in total. The van der Waals surface area contributed by atoms with Gasteiger partial charge < -0.3 is 10.6 Å². The van der Waals surface area contributed by atoms with E-state index in [0.717, 1.165) is 25.2 Å². The van der Waals surface area contributed by atoms with E-state index in [-0.39, 0.29) is 0 Å². The first-order chi connectivity index (χ1) is 9.20. The summed E-state index contributed by atoms with van der Waals surface area (Å²) < 4.78 is 0. The van der Waals surface area contributed by atoms with Crippen molar-refractivity contribution in [2.75, 3.05) is 18.0 Å². The van der Waals surface area contributed by atoms with Gasteiger partial charge in [-0.1, -0.05) is 24.1 Å². The number of rotatable bonds is 1. The Kier molecular flexibility index (Phi) is 3.38. The highest BCUT2D eigenvalue weighted by atomic mass is 35.5. The zero-order valence-electron chi connectivity index (χ0n) is 10.8. The molecule has 2 fully saturated rings. The molecular formula is C15H18ClN3. The molecule has 3 atom stereocenters. The molecule has 1 aliphatic heterocycles. The summed E-state index contributed by atoms with van der Waals surface area (Å²) in [6.07, 6.45) is 3.63. The number of halogens is 1. The minimum atomic E-state index is 0.313. The summed E-state index contributed by atoms with van der Waals surface area (Å²) in [5.74, 6) is 1.24. The molecule has 1 saturated heterocycles. The number of benzene rings is 1. The third kappa shape index (κ3) is 2.20. The second kappa shape index (κ2) is 5.03. The van der Waals surface area contributed by atoms with Gasteiger partial charge in [0.15, 0.2) is 0 Å². The molecule has 0 spiro atoms. The summed E-state index contributed by atoms with van der Waals surface area (Å²) in [5.41, 5.74) is 7.81. The van der Waals surface area contributed by atoms with E-state index in [1.165, 1.54) is 12.8 Å². The number of fused-ring (bicyclic) bond motifs is 1. The van der Waals surface area contributed by atoms with Crippen molar-refractivity contribution in [2.24, 2.45) is 17.6 Å². The number of nitrogens with two attached hydrogens (primary N) is 1. The quantitative estimate of drug-likeness (QED) is 0.857. The Labute approximate surface area is 118 Å². The van der Waals surface area contributed by atoms with Crippen molar-refractivity contribution in [3.63, 3.8) is 0 Å². The Morgan fingerprint density at radius 2 is 2.16 bits per heavy atom. The summed E-state index contributed by atoms with van der Waals surface area (Å²) >= 11 is 6.12. The lowest BCUT2D eigenvalue weighted by Gasteiger charge is -2.29. The average molecular weight is 276 g/mol. The van der Waals surface area contributed by atoms with Gasteiger partial charge in [0.2, 0.25) is 0 Å². The van der Waals surface area contributed by atoms with Gasteiger partial charge in [-0.2, -0.15) is 5.26 Å². The lowest BCUT2D eigenvalue weighted by atomic mass is 9.78. The highest BCUT2D eigenvalue weighted by Crippen LogP contribution is 2.39. The van der Waals surface area contributed by atoms with Gasteiger partial charge in [-0.25, -0.2) is 0 Å². The third-order valence-electron chi connectivity index (χ3n) is 4.60. The smallest absolute Gasteiger partial charge is 0.103 e. The van der Waals surface area contributed by atoms with Crippen molar-refractivity contribution in [3.8, 4) is 6.07 Å². The standard InChI is InChI=1S/C15H18ClN3/c16-13-4-2-6-15(11(13)7-17)19-8-10-3-1-5-14(18)12(10)9-19/h2,4,6,10,12,14H,1,3,5,8-9,18H2. The fraction of sp³-hybridized carbons (Fsp3) is 0.533. The summed E-state index contributed by atoms with van der Waals surface area (Å²) in [5, 5.41) is 9.83. The topological polar surface area (TPSA) is 53.0 Å². The van der Waals surface area contributed by atoms with Crippen LogP contribution in [0.25, 0.3) is 0 Å². The Morgan fingerprint density at radius 3 is 2.89 bits per heavy atom. The molecule has 1 heterocycles. The van der Waals surface area contributed by atoms with Crippen LogP contribution in [0, 0.1) is 23.2 Å². The number of nitrogens with zero attached hydrogens (tertiary/aromatic N) is 2. The third-order valence-corrected chi connectivity index (χ3v) is 4.91. The van der Waals surface area contributed by atoms with Crippen LogP contribution in [0.3, 0.4) is 0 Å². The molecule has 1 aliphatic carbocycles. The largest absolute Gasteiger partial charge is 0.370 e. The van der Waals surface area contributed by atoms with Crippen molar-refractivity contribution < 1.29 is 0 Å². The highest BCUT2D eigenvalue weighted by molar-refractivity contribution is 6.32.